The summed E-state index contributed by atoms with van der Waals surface area (Å²) in [6, 6.07) is 15.6. The number of hydrogen-bond donors (Lipinski definition) is 2. The number of amidine groups is 1. The topological polar surface area (TPSA) is 83.0 Å². The molecule has 2 aromatic carbocycles. The van der Waals surface area contributed by atoms with Gasteiger partial charge in [0.25, 0.3) is 11.8 Å². The zero-order valence-electron chi connectivity index (χ0n) is 16.2. The molecule has 1 aliphatic heterocycles. The van der Waals surface area contributed by atoms with Gasteiger partial charge in [-0.2, -0.15) is 0 Å². The lowest BCUT2D eigenvalue weighted by atomic mass is 10.2. The minimum Gasteiger partial charge on any atom is -0.491 e. The molecular formula is C21H24N4O3. The Bertz CT molecular complexity index is 880. The zero-order chi connectivity index (χ0) is 20.1. The largest absolute Gasteiger partial charge is 0.491 e. The van der Waals surface area contributed by atoms with Crippen LogP contribution in [0.15, 0.2) is 59.6 Å². The number of hydrogen-bond acceptors (Lipinski definition) is 5. The van der Waals surface area contributed by atoms with Crippen LogP contribution in [0.2, 0.25) is 0 Å². The van der Waals surface area contributed by atoms with E-state index in [2.05, 4.69) is 29.6 Å². The highest BCUT2D eigenvalue weighted by Crippen LogP contribution is 2.24. The molecule has 1 unspecified atom stereocenters. The summed E-state index contributed by atoms with van der Waals surface area (Å²) in [6.07, 6.45) is 0. The number of para-hydroxylation sites is 3. The summed E-state index contributed by atoms with van der Waals surface area (Å²) < 4.78 is 5.78. The Labute approximate surface area is 164 Å². The Morgan fingerprint density at radius 1 is 1.18 bits per heavy atom. The molecule has 0 spiro atoms. The summed E-state index contributed by atoms with van der Waals surface area (Å²) in [5.74, 6) is 0.336. The van der Waals surface area contributed by atoms with Gasteiger partial charge in [0, 0.05) is 0 Å². The molecule has 146 valence electrons. The van der Waals surface area contributed by atoms with Crippen LogP contribution in [0.3, 0.4) is 0 Å². The summed E-state index contributed by atoms with van der Waals surface area (Å²) in [5.41, 5.74) is 4.01. The van der Waals surface area contributed by atoms with Crippen LogP contribution >= 0.6 is 0 Å². The summed E-state index contributed by atoms with van der Waals surface area (Å²) >= 11 is 0. The van der Waals surface area contributed by atoms with Crippen LogP contribution in [-0.4, -0.2) is 30.3 Å². The van der Waals surface area contributed by atoms with Gasteiger partial charge in [-0.3, -0.25) is 15.0 Å². The summed E-state index contributed by atoms with van der Waals surface area (Å²) in [6.45, 7) is 6.31. The maximum Gasteiger partial charge on any atom is 0.292 e. The van der Waals surface area contributed by atoms with E-state index < -0.39 is 11.9 Å². The molecule has 0 aromatic heterocycles. The van der Waals surface area contributed by atoms with Crippen molar-refractivity contribution in [3.63, 3.8) is 0 Å². The Morgan fingerprint density at radius 2 is 1.86 bits per heavy atom. The molecule has 7 nitrogen and oxygen atoms in total. The van der Waals surface area contributed by atoms with E-state index in [4.69, 9.17) is 4.74 Å². The lowest BCUT2D eigenvalue weighted by molar-refractivity contribution is -0.120. The SMILES string of the molecule is CC(C)COc1ccccc1NC(=O)C1=NC(C)C(=O)N(c2ccccc2)N1. The fourth-order valence-electron chi connectivity index (χ4n) is 2.64. The van der Waals surface area contributed by atoms with Gasteiger partial charge in [0.05, 0.1) is 18.0 Å². The Balaban J connectivity index is 1.77. The molecule has 2 aromatic rings. The van der Waals surface area contributed by atoms with Gasteiger partial charge in [-0.1, -0.05) is 44.2 Å². The van der Waals surface area contributed by atoms with Crippen molar-refractivity contribution in [2.75, 3.05) is 16.9 Å². The highest BCUT2D eigenvalue weighted by Gasteiger charge is 2.30. The van der Waals surface area contributed by atoms with Gasteiger partial charge >= 0.3 is 0 Å². The third kappa shape index (κ3) is 4.49. The molecule has 2 N–H and O–H groups in total. The van der Waals surface area contributed by atoms with Crippen LogP contribution in [0.1, 0.15) is 20.8 Å². The van der Waals surface area contributed by atoms with Crippen LogP contribution in [0, 0.1) is 5.92 Å². The Hall–Kier alpha value is -3.35. The smallest absolute Gasteiger partial charge is 0.292 e. The molecule has 0 aliphatic carbocycles. The first-order chi connectivity index (χ1) is 13.5. The average Bonchev–Trinajstić information content (AvgIpc) is 2.69. The van der Waals surface area contributed by atoms with Gasteiger partial charge in [0.1, 0.15) is 11.8 Å². The number of nitrogens with one attached hydrogen (secondary N) is 2. The lowest BCUT2D eigenvalue weighted by Crippen LogP contribution is -2.57. The number of carbonyl (C=O) groups is 2. The van der Waals surface area contributed by atoms with Crippen molar-refractivity contribution >= 4 is 29.0 Å². The van der Waals surface area contributed by atoms with E-state index in [9.17, 15) is 9.59 Å². The first-order valence-electron chi connectivity index (χ1n) is 9.22. The van der Waals surface area contributed by atoms with E-state index in [1.54, 1.807) is 31.2 Å². The van der Waals surface area contributed by atoms with Crippen LogP contribution < -0.4 is 20.5 Å². The van der Waals surface area contributed by atoms with E-state index in [-0.39, 0.29) is 11.7 Å². The fourth-order valence-corrected chi connectivity index (χ4v) is 2.64. The predicted octanol–water partition coefficient (Wildman–Crippen LogP) is 3.00. The molecular weight excluding hydrogens is 356 g/mol. The van der Waals surface area contributed by atoms with E-state index in [1.807, 2.05) is 30.3 Å². The number of amides is 2. The second kappa shape index (κ2) is 8.56. The van der Waals surface area contributed by atoms with Crippen LogP contribution in [0.25, 0.3) is 0 Å². The van der Waals surface area contributed by atoms with Gasteiger partial charge in [-0.15, -0.1) is 0 Å². The van der Waals surface area contributed by atoms with Gasteiger partial charge in [0.15, 0.2) is 0 Å². The number of nitrogens with zero attached hydrogens (tertiary/aromatic N) is 2. The molecule has 1 heterocycles. The van der Waals surface area contributed by atoms with Crippen molar-refractivity contribution in [1.29, 1.82) is 0 Å². The number of ether oxygens (including phenoxy) is 1. The van der Waals surface area contributed by atoms with Gasteiger partial charge in [0.2, 0.25) is 5.84 Å². The van der Waals surface area contributed by atoms with Gasteiger partial charge < -0.3 is 10.1 Å². The third-order valence-electron chi connectivity index (χ3n) is 4.06. The highest BCUT2D eigenvalue weighted by molar-refractivity contribution is 6.43. The van der Waals surface area contributed by atoms with Crippen LogP contribution in [0.5, 0.6) is 5.75 Å². The minimum atomic E-state index is -0.672. The van der Waals surface area contributed by atoms with E-state index in [0.717, 1.165) is 0 Å². The molecule has 1 aliphatic rings. The Morgan fingerprint density at radius 3 is 2.57 bits per heavy atom. The number of aliphatic imine (C=N–C) groups is 1. The number of carbonyl (C=O) groups excluding carboxylic acids is 2. The maximum atomic E-state index is 12.8. The second-order valence-corrected chi connectivity index (χ2v) is 6.93. The van der Waals surface area contributed by atoms with Gasteiger partial charge in [-0.25, -0.2) is 10.0 Å². The first-order valence-corrected chi connectivity index (χ1v) is 9.22. The maximum absolute atomic E-state index is 12.8. The standard InChI is InChI=1S/C21H24N4O3/c1-14(2)13-28-18-12-8-7-11-17(18)23-20(26)19-22-15(3)21(27)25(24-19)16-9-5-4-6-10-16/h4-12,14-15H,13H2,1-3H3,(H,22,24)(H,23,26). The third-order valence-corrected chi connectivity index (χ3v) is 4.06. The molecule has 0 saturated heterocycles. The van der Waals surface area contributed by atoms with Crippen molar-refractivity contribution in [2.45, 2.75) is 26.8 Å². The van der Waals surface area contributed by atoms with Crippen molar-refractivity contribution in [1.82, 2.24) is 5.43 Å². The minimum absolute atomic E-state index is 0.0645. The van der Waals surface area contributed by atoms with Gasteiger partial charge in [-0.05, 0) is 37.1 Å². The summed E-state index contributed by atoms with van der Waals surface area (Å²) in [7, 11) is 0. The molecule has 0 saturated carbocycles. The number of hydrazine groups is 1. The van der Waals surface area contributed by atoms with E-state index in [0.29, 0.717) is 29.6 Å². The van der Waals surface area contributed by atoms with E-state index >= 15 is 0 Å². The quantitative estimate of drug-likeness (QED) is 0.807. The van der Waals surface area contributed by atoms with E-state index in [1.165, 1.54) is 5.01 Å². The van der Waals surface area contributed by atoms with Crippen molar-refractivity contribution in [3.05, 3.63) is 54.6 Å². The lowest BCUT2D eigenvalue weighted by Gasteiger charge is -2.30. The second-order valence-electron chi connectivity index (χ2n) is 6.93. The average molecular weight is 380 g/mol. The molecule has 7 heteroatoms. The number of benzene rings is 2. The first kappa shape index (κ1) is 19.4. The van der Waals surface area contributed by atoms with Crippen molar-refractivity contribution in [2.24, 2.45) is 10.9 Å². The molecule has 3 rings (SSSR count). The van der Waals surface area contributed by atoms with Crippen molar-refractivity contribution in [3.8, 4) is 5.75 Å². The number of rotatable bonds is 6. The van der Waals surface area contributed by atoms with Crippen LogP contribution in [-0.2, 0) is 9.59 Å². The van der Waals surface area contributed by atoms with Crippen molar-refractivity contribution < 1.29 is 14.3 Å². The molecule has 2 amide bonds. The zero-order valence-corrected chi connectivity index (χ0v) is 16.2. The molecule has 28 heavy (non-hydrogen) atoms. The summed E-state index contributed by atoms with van der Waals surface area (Å²) in [4.78, 5) is 29.4. The molecule has 1 atom stereocenters. The summed E-state index contributed by atoms with van der Waals surface area (Å²) in [5, 5.41) is 4.16. The predicted molar refractivity (Wildman–Crippen MR) is 109 cm³/mol. The van der Waals surface area contributed by atoms with Crippen LogP contribution in [0.4, 0.5) is 11.4 Å². The monoisotopic (exact) mass is 380 g/mol. The normalized spacial score (nSPS) is 16.4. The fraction of sp³-hybridized carbons (Fsp3) is 0.286. The molecule has 0 fully saturated rings. The molecule has 0 bridgehead atoms. The number of anilines is 2. The Kier molecular flexibility index (Phi) is 5.93. The highest BCUT2D eigenvalue weighted by atomic mass is 16.5. The molecule has 0 radical (unpaired) electrons.